The van der Waals surface area contributed by atoms with Crippen molar-refractivity contribution in [3.8, 4) is 0 Å². The highest BCUT2D eigenvalue weighted by atomic mass is 19.1. The zero-order chi connectivity index (χ0) is 21.9. The molecular weight excluding hydrogens is 385 g/mol. The average molecular weight is 416 g/mol. The number of halogens is 1. The summed E-state index contributed by atoms with van der Waals surface area (Å²) in [5, 5.41) is 3.18. The minimum atomic E-state index is -0.892. The van der Waals surface area contributed by atoms with Crippen molar-refractivity contribution in [3.63, 3.8) is 0 Å². The number of carbonyl (C=O) groups is 2. The zero-order valence-electron chi connectivity index (χ0n) is 17.9. The summed E-state index contributed by atoms with van der Waals surface area (Å²) in [5.41, 5.74) is 1.71. The molecule has 2 aliphatic rings. The number of ketones is 1. The summed E-state index contributed by atoms with van der Waals surface area (Å²) in [4.78, 5) is 26.1. The van der Waals surface area contributed by atoms with Crippen molar-refractivity contribution >= 4 is 11.8 Å². The van der Waals surface area contributed by atoms with Gasteiger partial charge in [0.05, 0.1) is 6.61 Å². The fourth-order valence-electron chi connectivity index (χ4n) is 4.32. The molecule has 0 spiro atoms. The first kappa shape index (κ1) is 22.2. The molecule has 0 amide bonds. The largest absolute Gasteiger partial charge is 0.463 e. The van der Waals surface area contributed by atoms with Crippen LogP contribution in [0.25, 0.3) is 0 Å². The second-order valence-electron chi connectivity index (χ2n) is 8.74. The highest BCUT2D eigenvalue weighted by Gasteiger charge is 2.47. The third-order valence-electron chi connectivity index (χ3n) is 5.57. The van der Waals surface area contributed by atoms with Crippen molar-refractivity contribution in [1.82, 2.24) is 5.32 Å². The Morgan fingerprint density at radius 1 is 1.23 bits per heavy atom. The second-order valence-corrected chi connectivity index (χ2v) is 8.74. The Balaban J connectivity index is 1.97. The van der Waals surface area contributed by atoms with Gasteiger partial charge in [-0.2, -0.15) is 0 Å². The molecule has 6 heteroatoms. The minimum Gasteiger partial charge on any atom is -0.463 e. The number of hydrogen-bond acceptors (Lipinski definition) is 5. The Morgan fingerprint density at radius 2 is 1.97 bits per heavy atom. The van der Waals surface area contributed by atoms with Gasteiger partial charge >= 0.3 is 5.97 Å². The third-order valence-corrected chi connectivity index (χ3v) is 5.57. The Morgan fingerprint density at radius 3 is 2.67 bits per heavy atom. The Kier molecular flexibility index (Phi) is 6.76. The van der Waals surface area contributed by atoms with E-state index in [2.05, 4.69) is 11.9 Å². The minimum absolute atomic E-state index is 0.0708. The lowest BCUT2D eigenvalue weighted by molar-refractivity contribution is -0.149. The van der Waals surface area contributed by atoms with Crippen molar-refractivity contribution < 1.29 is 23.5 Å². The van der Waals surface area contributed by atoms with E-state index >= 15 is 0 Å². The molecular formula is C24H30FNO4. The zero-order valence-corrected chi connectivity index (χ0v) is 17.9. The van der Waals surface area contributed by atoms with E-state index in [1.165, 1.54) is 6.07 Å². The lowest BCUT2D eigenvalue weighted by Gasteiger charge is -2.42. The number of ether oxygens (including phenoxy) is 2. The summed E-state index contributed by atoms with van der Waals surface area (Å²) >= 11 is 0. The Bertz CT molecular complexity index is 874. The van der Waals surface area contributed by atoms with Gasteiger partial charge in [-0.05, 0) is 29.9 Å². The molecule has 0 fully saturated rings. The van der Waals surface area contributed by atoms with E-state index in [1.54, 1.807) is 18.2 Å². The second kappa shape index (κ2) is 9.13. The van der Waals surface area contributed by atoms with Crippen LogP contribution < -0.4 is 5.32 Å². The van der Waals surface area contributed by atoms with Crippen LogP contribution in [0.15, 0.2) is 47.8 Å². The van der Waals surface area contributed by atoms with Gasteiger partial charge in [-0.1, -0.05) is 45.5 Å². The maximum Gasteiger partial charge on any atom is 0.315 e. The van der Waals surface area contributed by atoms with Gasteiger partial charge in [0.1, 0.15) is 18.3 Å². The van der Waals surface area contributed by atoms with Crippen LogP contribution in [0.2, 0.25) is 0 Å². The van der Waals surface area contributed by atoms with Gasteiger partial charge in [0.15, 0.2) is 5.78 Å². The monoisotopic (exact) mass is 415 g/mol. The van der Waals surface area contributed by atoms with Gasteiger partial charge in [-0.25, -0.2) is 4.39 Å². The van der Waals surface area contributed by atoms with Gasteiger partial charge in [0.2, 0.25) is 0 Å². The maximum absolute atomic E-state index is 14.8. The topological polar surface area (TPSA) is 64.6 Å². The number of carbonyl (C=O) groups excluding carboxylic acids is 2. The summed E-state index contributed by atoms with van der Waals surface area (Å²) in [5.74, 6) is -2.71. The standard InChI is InChI=1S/C24H30FNO4/c1-5-10-29-11-12-30-23(28)20-15(2)26-18-13-24(3,4)14-19(27)22(18)21(20)16-8-6-7-9-17(16)25/h6-9,20-21,26H,2,5,10-14H2,1,3-4H3. The highest BCUT2D eigenvalue weighted by molar-refractivity contribution is 6.00. The summed E-state index contributed by atoms with van der Waals surface area (Å²) in [6.45, 7) is 11.0. The molecule has 0 radical (unpaired) electrons. The molecule has 1 aromatic rings. The van der Waals surface area contributed by atoms with Crippen LogP contribution in [0.4, 0.5) is 4.39 Å². The molecule has 2 atom stereocenters. The van der Waals surface area contributed by atoms with E-state index in [4.69, 9.17) is 9.47 Å². The molecule has 1 heterocycles. The van der Waals surface area contributed by atoms with Crippen molar-refractivity contribution in [1.29, 1.82) is 0 Å². The SMILES string of the molecule is C=C1NC2=C(C(=O)CC(C)(C)C2)C(c2ccccc2F)C1C(=O)OCCOCCC. The normalized spacial score (nSPS) is 23.1. The molecule has 1 aromatic carbocycles. The molecule has 1 aliphatic heterocycles. The van der Waals surface area contributed by atoms with E-state index in [9.17, 15) is 14.0 Å². The van der Waals surface area contributed by atoms with Crippen LogP contribution in [0.3, 0.4) is 0 Å². The van der Waals surface area contributed by atoms with Crippen LogP contribution in [-0.4, -0.2) is 31.6 Å². The molecule has 0 aromatic heterocycles. The van der Waals surface area contributed by atoms with E-state index in [-0.39, 0.29) is 24.4 Å². The van der Waals surface area contributed by atoms with Crippen molar-refractivity contribution in [2.45, 2.75) is 46.0 Å². The summed E-state index contributed by atoms with van der Waals surface area (Å²) in [7, 11) is 0. The van der Waals surface area contributed by atoms with E-state index in [1.807, 2.05) is 20.8 Å². The van der Waals surface area contributed by atoms with E-state index in [0.29, 0.717) is 36.3 Å². The fourth-order valence-corrected chi connectivity index (χ4v) is 4.32. The molecule has 2 unspecified atom stereocenters. The van der Waals surface area contributed by atoms with Crippen LogP contribution in [0.5, 0.6) is 0 Å². The first-order valence-corrected chi connectivity index (χ1v) is 10.5. The van der Waals surface area contributed by atoms with Crippen LogP contribution in [-0.2, 0) is 19.1 Å². The fraction of sp³-hybridized carbons (Fsp3) is 0.500. The molecule has 30 heavy (non-hydrogen) atoms. The van der Waals surface area contributed by atoms with Gasteiger partial charge in [-0.3, -0.25) is 9.59 Å². The Hall–Kier alpha value is -2.47. The van der Waals surface area contributed by atoms with Gasteiger partial charge in [0.25, 0.3) is 0 Å². The number of Topliss-reactive ketones (excluding diaryl/α,β-unsaturated/α-hetero) is 1. The van der Waals surface area contributed by atoms with Gasteiger partial charge in [-0.15, -0.1) is 0 Å². The maximum atomic E-state index is 14.8. The number of rotatable bonds is 7. The number of hydrogen-bond donors (Lipinski definition) is 1. The lowest BCUT2D eigenvalue weighted by Crippen LogP contribution is -2.44. The third kappa shape index (κ3) is 4.64. The summed E-state index contributed by atoms with van der Waals surface area (Å²) in [6, 6.07) is 6.27. The highest BCUT2D eigenvalue weighted by Crippen LogP contribution is 2.48. The molecule has 1 N–H and O–H groups in total. The quantitative estimate of drug-likeness (QED) is 0.533. The molecule has 3 rings (SSSR count). The van der Waals surface area contributed by atoms with E-state index in [0.717, 1.165) is 12.1 Å². The molecule has 5 nitrogen and oxygen atoms in total. The van der Waals surface area contributed by atoms with Gasteiger partial charge in [0, 0.05) is 35.9 Å². The molecule has 0 bridgehead atoms. The predicted molar refractivity (Wildman–Crippen MR) is 112 cm³/mol. The van der Waals surface area contributed by atoms with Crippen molar-refractivity contribution in [3.05, 3.63) is 59.2 Å². The average Bonchev–Trinajstić information content (AvgIpc) is 2.66. The first-order valence-electron chi connectivity index (χ1n) is 10.5. The predicted octanol–water partition coefficient (Wildman–Crippen LogP) is 4.26. The number of benzene rings is 1. The number of allylic oxidation sites excluding steroid dienone is 2. The van der Waals surface area contributed by atoms with Crippen LogP contribution in [0, 0.1) is 17.2 Å². The van der Waals surface area contributed by atoms with Crippen LogP contribution >= 0.6 is 0 Å². The molecule has 162 valence electrons. The lowest BCUT2D eigenvalue weighted by atomic mass is 9.66. The van der Waals surface area contributed by atoms with Gasteiger partial charge < -0.3 is 14.8 Å². The smallest absolute Gasteiger partial charge is 0.315 e. The Labute approximate surface area is 177 Å². The van der Waals surface area contributed by atoms with E-state index < -0.39 is 23.6 Å². The van der Waals surface area contributed by atoms with Crippen LogP contribution in [0.1, 0.15) is 51.5 Å². The van der Waals surface area contributed by atoms with Crippen molar-refractivity contribution in [2.24, 2.45) is 11.3 Å². The molecule has 1 aliphatic carbocycles. The molecule has 0 saturated carbocycles. The van der Waals surface area contributed by atoms with Crippen molar-refractivity contribution in [2.75, 3.05) is 19.8 Å². The molecule has 0 saturated heterocycles. The number of nitrogens with one attached hydrogen (secondary N) is 1. The first-order chi connectivity index (χ1) is 14.2. The summed E-state index contributed by atoms with van der Waals surface area (Å²) < 4.78 is 25.6. The summed E-state index contributed by atoms with van der Waals surface area (Å²) in [6.07, 6.45) is 1.85. The number of esters is 1.